The third-order valence-corrected chi connectivity index (χ3v) is 5.33. The van der Waals surface area contributed by atoms with E-state index in [1.54, 1.807) is 25.3 Å². The van der Waals surface area contributed by atoms with Crippen molar-refractivity contribution in [2.24, 2.45) is 0 Å². The minimum atomic E-state index is -0.489. The van der Waals surface area contributed by atoms with E-state index in [-0.39, 0.29) is 6.61 Å². The molecular formula is C18H20Cl2N2O3S. The summed E-state index contributed by atoms with van der Waals surface area (Å²) in [5.41, 5.74) is 2.03. The van der Waals surface area contributed by atoms with Crippen LogP contribution in [0.25, 0.3) is 0 Å². The van der Waals surface area contributed by atoms with E-state index in [4.69, 9.17) is 44.9 Å². The van der Waals surface area contributed by atoms with Crippen LogP contribution in [0.15, 0.2) is 29.5 Å². The molecule has 1 aromatic rings. The molecule has 0 aromatic heterocycles. The monoisotopic (exact) mass is 414 g/mol. The molecule has 0 saturated heterocycles. The van der Waals surface area contributed by atoms with Gasteiger partial charge in [-0.25, -0.2) is 4.79 Å². The Bertz CT molecular complexity index is 765. The van der Waals surface area contributed by atoms with Crippen LogP contribution in [0.1, 0.15) is 31.4 Å². The van der Waals surface area contributed by atoms with Gasteiger partial charge in [0, 0.05) is 28.9 Å². The quantitative estimate of drug-likeness (QED) is 0.433. The molecule has 0 radical (unpaired) electrons. The number of esters is 1. The SMILES string of the molecule is COCCOC(=O)C1=C(C)N(C2CC2)C(=S)NC1c1ccc(Cl)cc1Cl. The number of nitrogens with one attached hydrogen (secondary N) is 1. The van der Waals surface area contributed by atoms with E-state index in [1.807, 2.05) is 11.8 Å². The van der Waals surface area contributed by atoms with Crippen LogP contribution in [-0.4, -0.2) is 42.3 Å². The number of carbonyl (C=O) groups excluding carboxylic acids is 1. The first-order valence-corrected chi connectivity index (χ1v) is 9.52. The topological polar surface area (TPSA) is 50.8 Å². The highest BCUT2D eigenvalue weighted by molar-refractivity contribution is 7.80. The van der Waals surface area contributed by atoms with Crippen molar-refractivity contribution in [2.75, 3.05) is 20.3 Å². The molecule has 1 aliphatic heterocycles. The Labute approximate surface area is 168 Å². The van der Waals surface area contributed by atoms with Crippen molar-refractivity contribution in [1.29, 1.82) is 0 Å². The van der Waals surface area contributed by atoms with E-state index in [9.17, 15) is 4.79 Å². The molecule has 2 aliphatic rings. The number of nitrogens with zero attached hydrogens (tertiary/aromatic N) is 1. The van der Waals surface area contributed by atoms with Crippen molar-refractivity contribution in [3.05, 3.63) is 45.1 Å². The van der Waals surface area contributed by atoms with Gasteiger partial charge in [-0.3, -0.25) is 0 Å². The smallest absolute Gasteiger partial charge is 0.338 e. The summed E-state index contributed by atoms with van der Waals surface area (Å²) < 4.78 is 10.4. The normalized spacial score (nSPS) is 20.2. The number of hydrogen-bond acceptors (Lipinski definition) is 4. The van der Waals surface area contributed by atoms with Gasteiger partial charge in [0.25, 0.3) is 0 Å². The molecule has 1 fully saturated rings. The highest BCUT2D eigenvalue weighted by Crippen LogP contribution is 2.40. The lowest BCUT2D eigenvalue weighted by molar-refractivity contribution is -0.140. The zero-order valence-electron chi connectivity index (χ0n) is 14.6. The Hall–Kier alpha value is -1.34. The standard InChI is InChI=1S/C18H20Cl2N2O3S/c1-10-15(17(23)25-8-7-24-2)16(13-6-3-11(19)9-14(13)20)21-18(26)22(10)12-4-5-12/h3,6,9,12,16H,4-5,7-8H2,1-2H3,(H,21,26). The fourth-order valence-corrected chi connectivity index (χ4v) is 3.98. The first-order valence-electron chi connectivity index (χ1n) is 8.35. The molecule has 140 valence electrons. The largest absolute Gasteiger partial charge is 0.460 e. The number of thiocarbonyl (C=S) groups is 1. The van der Waals surface area contributed by atoms with Gasteiger partial charge in [-0.1, -0.05) is 29.3 Å². The van der Waals surface area contributed by atoms with Crippen LogP contribution in [-0.2, 0) is 14.3 Å². The number of benzene rings is 1. The summed E-state index contributed by atoms with van der Waals surface area (Å²) in [5.74, 6) is -0.406. The molecular weight excluding hydrogens is 395 g/mol. The van der Waals surface area contributed by atoms with Gasteiger partial charge in [0.05, 0.1) is 18.2 Å². The van der Waals surface area contributed by atoms with Crippen LogP contribution in [0.4, 0.5) is 0 Å². The fourth-order valence-electron chi connectivity index (χ4n) is 3.06. The van der Waals surface area contributed by atoms with E-state index < -0.39 is 12.0 Å². The van der Waals surface area contributed by atoms with E-state index in [0.717, 1.165) is 24.1 Å². The molecule has 1 aromatic carbocycles. The zero-order valence-corrected chi connectivity index (χ0v) is 16.9. The summed E-state index contributed by atoms with van der Waals surface area (Å²) in [6.07, 6.45) is 2.11. The molecule has 1 atom stereocenters. The summed E-state index contributed by atoms with van der Waals surface area (Å²) in [7, 11) is 1.56. The zero-order chi connectivity index (χ0) is 18.8. The first-order chi connectivity index (χ1) is 12.4. The van der Waals surface area contributed by atoms with Crippen LogP contribution in [0, 0.1) is 0 Å². The fraction of sp³-hybridized carbons (Fsp3) is 0.444. The van der Waals surface area contributed by atoms with Gasteiger partial charge < -0.3 is 19.7 Å². The van der Waals surface area contributed by atoms with Crippen LogP contribution in [0.5, 0.6) is 0 Å². The predicted molar refractivity (Wildman–Crippen MR) is 105 cm³/mol. The van der Waals surface area contributed by atoms with Crippen LogP contribution >= 0.6 is 35.4 Å². The van der Waals surface area contributed by atoms with Gasteiger partial charge in [-0.05, 0) is 49.7 Å². The number of methoxy groups -OCH3 is 1. The lowest BCUT2D eigenvalue weighted by Crippen LogP contribution is -2.48. The molecule has 1 aliphatic carbocycles. The molecule has 0 bridgehead atoms. The van der Waals surface area contributed by atoms with Gasteiger partial charge >= 0.3 is 5.97 Å². The average Bonchev–Trinajstić information content (AvgIpc) is 3.39. The highest BCUT2D eigenvalue weighted by Gasteiger charge is 2.41. The van der Waals surface area contributed by atoms with E-state index in [2.05, 4.69) is 5.32 Å². The second kappa shape index (κ2) is 8.13. The number of rotatable bonds is 6. The van der Waals surface area contributed by atoms with Gasteiger partial charge in [0.2, 0.25) is 0 Å². The molecule has 3 rings (SSSR count). The van der Waals surface area contributed by atoms with E-state index >= 15 is 0 Å². The number of hydrogen-bond donors (Lipinski definition) is 1. The van der Waals surface area contributed by atoms with Crippen LogP contribution < -0.4 is 5.32 Å². The lowest BCUT2D eigenvalue weighted by atomic mass is 9.95. The summed E-state index contributed by atoms with van der Waals surface area (Å²) in [4.78, 5) is 14.8. The summed E-state index contributed by atoms with van der Waals surface area (Å²) >= 11 is 18.0. The van der Waals surface area contributed by atoms with E-state index in [0.29, 0.717) is 33.4 Å². The van der Waals surface area contributed by atoms with Crippen molar-refractivity contribution in [2.45, 2.75) is 31.8 Å². The van der Waals surface area contributed by atoms with E-state index in [1.165, 1.54) is 0 Å². The third-order valence-electron chi connectivity index (χ3n) is 4.45. The van der Waals surface area contributed by atoms with Crippen molar-refractivity contribution in [3.8, 4) is 0 Å². The third kappa shape index (κ3) is 3.98. The molecule has 0 spiro atoms. The molecule has 1 unspecified atom stereocenters. The Morgan fingerprint density at radius 3 is 2.69 bits per heavy atom. The number of halogens is 2. The second-order valence-electron chi connectivity index (χ2n) is 6.28. The van der Waals surface area contributed by atoms with Crippen molar-refractivity contribution in [3.63, 3.8) is 0 Å². The molecule has 1 saturated carbocycles. The second-order valence-corrected chi connectivity index (χ2v) is 7.51. The van der Waals surface area contributed by atoms with Crippen molar-refractivity contribution < 1.29 is 14.3 Å². The van der Waals surface area contributed by atoms with Crippen LogP contribution in [0.2, 0.25) is 10.0 Å². The molecule has 0 amide bonds. The maximum absolute atomic E-state index is 12.8. The minimum Gasteiger partial charge on any atom is -0.460 e. The molecule has 1 heterocycles. The predicted octanol–water partition coefficient (Wildman–Crippen LogP) is 3.85. The average molecular weight is 415 g/mol. The van der Waals surface area contributed by atoms with Gasteiger partial charge in [-0.15, -0.1) is 0 Å². The highest BCUT2D eigenvalue weighted by atomic mass is 35.5. The van der Waals surface area contributed by atoms with Crippen molar-refractivity contribution in [1.82, 2.24) is 10.2 Å². The number of allylic oxidation sites excluding steroid dienone is 1. The number of ether oxygens (including phenoxy) is 2. The Morgan fingerprint density at radius 1 is 1.35 bits per heavy atom. The minimum absolute atomic E-state index is 0.182. The molecule has 26 heavy (non-hydrogen) atoms. The van der Waals surface area contributed by atoms with Crippen molar-refractivity contribution >= 4 is 46.5 Å². The lowest BCUT2D eigenvalue weighted by Gasteiger charge is -2.38. The number of carbonyl (C=O) groups is 1. The Balaban J connectivity index is 2.00. The summed E-state index contributed by atoms with van der Waals surface area (Å²) in [6.45, 7) is 2.42. The first kappa shape index (κ1) is 19.4. The Kier molecular flexibility index (Phi) is 6.07. The maximum atomic E-state index is 12.8. The van der Waals surface area contributed by atoms with Gasteiger partial charge in [-0.2, -0.15) is 0 Å². The van der Waals surface area contributed by atoms with Gasteiger partial charge in [0.1, 0.15) is 6.61 Å². The maximum Gasteiger partial charge on any atom is 0.338 e. The Morgan fingerprint density at radius 2 is 2.08 bits per heavy atom. The molecule has 1 N–H and O–H groups in total. The molecule has 8 heteroatoms. The summed E-state index contributed by atoms with van der Waals surface area (Å²) in [6, 6.07) is 5.03. The summed E-state index contributed by atoms with van der Waals surface area (Å²) in [5, 5.41) is 4.84. The van der Waals surface area contributed by atoms with Gasteiger partial charge in [0.15, 0.2) is 5.11 Å². The molecule has 5 nitrogen and oxygen atoms in total. The van der Waals surface area contributed by atoms with Crippen LogP contribution in [0.3, 0.4) is 0 Å².